The van der Waals surface area contributed by atoms with Gasteiger partial charge in [0.05, 0.1) is 7.11 Å². The van der Waals surface area contributed by atoms with Crippen molar-refractivity contribution in [1.29, 1.82) is 0 Å². The Morgan fingerprint density at radius 3 is 2.38 bits per heavy atom. The number of ether oxygens (including phenoxy) is 1. The van der Waals surface area contributed by atoms with Crippen LogP contribution in [0.2, 0.25) is 0 Å². The van der Waals surface area contributed by atoms with Gasteiger partial charge in [-0.15, -0.1) is 0 Å². The Labute approximate surface area is 151 Å². The third kappa shape index (κ3) is 4.83. The molecule has 4 heteroatoms. The van der Waals surface area contributed by atoms with Gasteiger partial charge in [-0.05, 0) is 54.2 Å². The second kappa shape index (κ2) is 8.35. The second-order valence-electron chi connectivity index (χ2n) is 4.98. The van der Waals surface area contributed by atoms with Gasteiger partial charge in [0.25, 0.3) is 0 Å². The van der Waals surface area contributed by atoms with E-state index < -0.39 is 0 Å². The number of hydrogen-bond donors (Lipinski definition) is 0. The lowest BCUT2D eigenvalue weighted by atomic mass is 9.94. The highest BCUT2D eigenvalue weighted by Crippen LogP contribution is 2.28. The fourth-order valence-corrected chi connectivity index (χ4v) is 3.69. The van der Waals surface area contributed by atoms with E-state index in [-0.39, 0.29) is 0 Å². The van der Waals surface area contributed by atoms with Crippen LogP contribution in [-0.4, -0.2) is 12.4 Å². The van der Waals surface area contributed by atoms with E-state index in [9.17, 15) is 0 Å². The molecule has 0 fully saturated rings. The zero-order valence-corrected chi connectivity index (χ0v) is 16.5. The summed E-state index contributed by atoms with van der Waals surface area (Å²) in [5, 5.41) is 0.962. The predicted octanol–water partition coefficient (Wildman–Crippen LogP) is 6.02. The highest BCUT2D eigenvalue weighted by atomic mass is 79.9. The summed E-state index contributed by atoms with van der Waals surface area (Å²) in [6.45, 7) is 0. The molecule has 21 heavy (non-hydrogen) atoms. The molecule has 1 nitrogen and oxygen atoms in total. The minimum absolute atomic E-state index is 0.520. The lowest BCUT2D eigenvalue weighted by Crippen LogP contribution is -2.11. The third-order valence-electron chi connectivity index (χ3n) is 3.44. The van der Waals surface area contributed by atoms with Crippen LogP contribution in [0.15, 0.2) is 51.4 Å². The van der Waals surface area contributed by atoms with Gasteiger partial charge in [0, 0.05) is 14.3 Å². The Hall–Kier alpha value is -0.320. The first-order valence-corrected chi connectivity index (χ1v) is 9.46. The van der Waals surface area contributed by atoms with Crippen LogP contribution in [0.1, 0.15) is 11.1 Å². The number of hydrogen-bond acceptors (Lipinski definition) is 1. The number of alkyl halides is 1. The summed E-state index contributed by atoms with van der Waals surface area (Å²) in [6.07, 6.45) is 2.01. The Bertz CT molecular complexity index is 598. The molecule has 0 aromatic heterocycles. The first-order valence-electron chi connectivity index (χ1n) is 6.75. The van der Waals surface area contributed by atoms with E-state index in [4.69, 9.17) is 4.74 Å². The van der Waals surface area contributed by atoms with Crippen molar-refractivity contribution in [1.82, 2.24) is 0 Å². The van der Waals surface area contributed by atoms with Gasteiger partial charge in [0.2, 0.25) is 0 Å². The van der Waals surface area contributed by atoms with Gasteiger partial charge in [-0.2, -0.15) is 0 Å². The van der Waals surface area contributed by atoms with Crippen molar-refractivity contribution in [2.45, 2.75) is 12.8 Å². The Kier molecular flexibility index (Phi) is 6.77. The van der Waals surface area contributed by atoms with Crippen LogP contribution in [0.25, 0.3) is 0 Å². The maximum atomic E-state index is 5.47. The SMILES string of the molecule is COc1ccc(Br)cc1CC(CBr)Cc1ccccc1Br. The van der Waals surface area contributed by atoms with Crippen LogP contribution in [0.5, 0.6) is 5.75 Å². The molecule has 0 aliphatic rings. The van der Waals surface area contributed by atoms with Crippen molar-refractivity contribution < 1.29 is 4.74 Å². The molecular formula is C17H17Br3O. The van der Waals surface area contributed by atoms with E-state index in [1.807, 2.05) is 18.2 Å². The minimum Gasteiger partial charge on any atom is -0.496 e. The molecule has 0 aliphatic heterocycles. The molecule has 0 spiro atoms. The average molecular weight is 477 g/mol. The van der Waals surface area contributed by atoms with Crippen LogP contribution in [-0.2, 0) is 12.8 Å². The molecule has 2 aromatic rings. The van der Waals surface area contributed by atoms with Crippen LogP contribution < -0.4 is 4.74 Å². The van der Waals surface area contributed by atoms with Gasteiger partial charge in [-0.25, -0.2) is 0 Å². The van der Waals surface area contributed by atoms with Gasteiger partial charge < -0.3 is 4.74 Å². The van der Waals surface area contributed by atoms with Crippen molar-refractivity contribution >= 4 is 47.8 Å². The Morgan fingerprint density at radius 2 is 1.71 bits per heavy atom. The molecule has 2 rings (SSSR count). The summed E-state index contributed by atoms with van der Waals surface area (Å²) in [5.74, 6) is 1.48. The summed E-state index contributed by atoms with van der Waals surface area (Å²) in [7, 11) is 1.73. The quantitative estimate of drug-likeness (QED) is 0.463. The van der Waals surface area contributed by atoms with Gasteiger partial charge >= 0.3 is 0 Å². The van der Waals surface area contributed by atoms with Crippen molar-refractivity contribution in [2.24, 2.45) is 5.92 Å². The molecule has 2 aromatic carbocycles. The predicted molar refractivity (Wildman–Crippen MR) is 99.5 cm³/mol. The number of halogens is 3. The molecule has 0 aliphatic carbocycles. The summed E-state index contributed by atoms with van der Waals surface area (Å²) >= 11 is 10.8. The Morgan fingerprint density at radius 1 is 1.00 bits per heavy atom. The summed E-state index contributed by atoms with van der Waals surface area (Å²) < 4.78 is 7.74. The maximum absolute atomic E-state index is 5.47. The van der Waals surface area contributed by atoms with Gasteiger partial charge in [-0.1, -0.05) is 66.0 Å². The molecule has 0 amide bonds. The smallest absolute Gasteiger partial charge is 0.122 e. The van der Waals surface area contributed by atoms with Crippen LogP contribution >= 0.6 is 47.8 Å². The number of methoxy groups -OCH3 is 1. The van der Waals surface area contributed by atoms with E-state index in [0.29, 0.717) is 5.92 Å². The summed E-state index contributed by atoms with van der Waals surface area (Å²) in [5.41, 5.74) is 2.58. The van der Waals surface area contributed by atoms with E-state index in [1.54, 1.807) is 7.11 Å². The van der Waals surface area contributed by atoms with E-state index in [2.05, 4.69) is 72.1 Å². The molecule has 1 atom stereocenters. The molecular weight excluding hydrogens is 460 g/mol. The Balaban J connectivity index is 2.16. The molecule has 1 unspecified atom stereocenters. The number of benzene rings is 2. The molecule has 0 bridgehead atoms. The zero-order chi connectivity index (χ0) is 15.2. The molecule has 0 saturated heterocycles. The highest BCUT2D eigenvalue weighted by Gasteiger charge is 2.14. The van der Waals surface area contributed by atoms with E-state index in [1.165, 1.54) is 15.6 Å². The topological polar surface area (TPSA) is 9.23 Å². The van der Waals surface area contributed by atoms with Gasteiger partial charge in [-0.3, -0.25) is 0 Å². The standard InChI is InChI=1S/C17H17Br3O/c1-21-17-7-6-15(19)10-14(17)9-12(11-18)8-13-4-2-3-5-16(13)20/h2-7,10,12H,8-9,11H2,1H3. The lowest BCUT2D eigenvalue weighted by Gasteiger charge is -2.17. The normalized spacial score (nSPS) is 12.2. The largest absolute Gasteiger partial charge is 0.496 e. The first kappa shape index (κ1) is 17.0. The fourth-order valence-electron chi connectivity index (χ4n) is 2.37. The molecule has 0 radical (unpaired) electrons. The zero-order valence-electron chi connectivity index (χ0n) is 11.8. The molecule has 0 saturated carbocycles. The van der Waals surface area contributed by atoms with Crippen LogP contribution in [0.4, 0.5) is 0 Å². The maximum Gasteiger partial charge on any atom is 0.122 e. The third-order valence-corrected chi connectivity index (χ3v) is 5.62. The van der Waals surface area contributed by atoms with Crippen LogP contribution in [0.3, 0.4) is 0 Å². The fraction of sp³-hybridized carbons (Fsp3) is 0.294. The summed E-state index contributed by atoms with van der Waals surface area (Å²) in [4.78, 5) is 0. The van der Waals surface area contributed by atoms with Gasteiger partial charge in [0.1, 0.15) is 5.75 Å². The molecule has 0 N–H and O–H groups in total. The van der Waals surface area contributed by atoms with Crippen molar-refractivity contribution in [3.8, 4) is 5.75 Å². The monoisotopic (exact) mass is 474 g/mol. The lowest BCUT2D eigenvalue weighted by molar-refractivity contribution is 0.405. The first-order chi connectivity index (χ1) is 10.1. The number of rotatable bonds is 6. The van der Waals surface area contributed by atoms with E-state index >= 15 is 0 Å². The van der Waals surface area contributed by atoms with Crippen molar-refractivity contribution in [3.63, 3.8) is 0 Å². The molecule has 112 valence electrons. The van der Waals surface area contributed by atoms with Crippen molar-refractivity contribution in [2.75, 3.05) is 12.4 Å². The minimum atomic E-state index is 0.520. The molecule has 0 heterocycles. The van der Waals surface area contributed by atoms with Crippen LogP contribution in [0, 0.1) is 5.92 Å². The summed E-state index contributed by atoms with van der Waals surface area (Å²) in [6, 6.07) is 14.6. The highest BCUT2D eigenvalue weighted by molar-refractivity contribution is 9.10. The van der Waals surface area contributed by atoms with Gasteiger partial charge in [0.15, 0.2) is 0 Å². The average Bonchev–Trinajstić information content (AvgIpc) is 2.49. The van der Waals surface area contributed by atoms with Crippen molar-refractivity contribution in [3.05, 3.63) is 62.5 Å². The van der Waals surface area contributed by atoms with E-state index in [0.717, 1.165) is 28.4 Å². The second-order valence-corrected chi connectivity index (χ2v) is 7.39.